The van der Waals surface area contributed by atoms with Crippen molar-refractivity contribution in [2.45, 2.75) is 6.54 Å². The second-order valence-corrected chi connectivity index (χ2v) is 6.30. The fourth-order valence-electron chi connectivity index (χ4n) is 2.51. The number of benzene rings is 2. The Bertz CT molecular complexity index is 1110. The molecule has 0 saturated heterocycles. The van der Waals surface area contributed by atoms with E-state index < -0.39 is 10.8 Å². The monoisotopic (exact) mass is 401 g/mol. The molecule has 0 fully saturated rings. The average molecular weight is 402 g/mol. The molecular formula is C19H13ClFN3O4. The zero-order valence-electron chi connectivity index (χ0n) is 14.3. The molecule has 2 aromatic carbocycles. The summed E-state index contributed by atoms with van der Waals surface area (Å²) in [6.45, 7) is 0.159. The van der Waals surface area contributed by atoms with Crippen molar-refractivity contribution in [3.05, 3.63) is 103 Å². The highest BCUT2D eigenvalue weighted by molar-refractivity contribution is 6.32. The highest BCUT2D eigenvalue weighted by Crippen LogP contribution is 2.27. The lowest BCUT2D eigenvalue weighted by Gasteiger charge is -2.09. The Morgan fingerprint density at radius 3 is 2.54 bits per heavy atom. The normalized spacial score (nSPS) is 10.5. The topological polar surface area (TPSA) is 94.2 Å². The molecule has 0 radical (unpaired) electrons. The maximum atomic E-state index is 13.0. The number of nitrogens with one attached hydrogen (secondary N) is 1. The molecule has 7 nitrogen and oxygen atoms in total. The van der Waals surface area contributed by atoms with Crippen LogP contribution in [-0.4, -0.2) is 15.4 Å². The van der Waals surface area contributed by atoms with Crippen LogP contribution in [0.25, 0.3) is 0 Å². The van der Waals surface area contributed by atoms with Gasteiger partial charge in [-0.25, -0.2) is 4.39 Å². The second kappa shape index (κ2) is 8.01. The minimum atomic E-state index is -0.652. The van der Waals surface area contributed by atoms with Gasteiger partial charge in [0, 0.05) is 24.0 Å². The Hall–Kier alpha value is -3.52. The first-order valence-corrected chi connectivity index (χ1v) is 8.41. The molecule has 0 spiro atoms. The number of carbonyl (C=O) groups is 1. The molecule has 0 aliphatic rings. The second-order valence-electron chi connectivity index (χ2n) is 5.89. The molecule has 0 saturated carbocycles. The van der Waals surface area contributed by atoms with Crippen LogP contribution in [0.5, 0.6) is 0 Å². The van der Waals surface area contributed by atoms with Crippen LogP contribution in [0.1, 0.15) is 15.9 Å². The zero-order valence-corrected chi connectivity index (χ0v) is 15.0. The van der Waals surface area contributed by atoms with E-state index in [2.05, 4.69) is 5.32 Å². The number of pyridine rings is 1. The number of amides is 1. The first-order chi connectivity index (χ1) is 13.3. The molecular weight excluding hydrogens is 389 g/mol. The van der Waals surface area contributed by atoms with Gasteiger partial charge in [0.1, 0.15) is 10.8 Å². The van der Waals surface area contributed by atoms with Crippen LogP contribution in [0.15, 0.2) is 65.6 Å². The largest absolute Gasteiger partial charge is 0.322 e. The fourth-order valence-corrected chi connectivity index (χ4v) is 2.70. The predicted molar refractivity (Wildman–Crippen MR) is 102 cm³/mol. The standard InChI is InChI=1S/C19H13ClFN3O4/c20-16-7-6-15(9-17(16)24(27)28)22-19(26)13-3-8-18(25)23(11-13)10-12-1-4-14(21)5-2-12/h1-9,11H,10H2,(H,22,26). The smallest absolute Gasteiger partial charge is 0.289 e. The lowest BCUT2D eigenvalue weighted by molar-refractivity contribution is -0.384. The molecule has 9 heteroatoms. The van der Waals surface area contributed by atoms with Crippen LogP contribution in [0.2, 0.25) is 5.02 Å². The van der Waals surface area contributed by atoms with Gasteiger partial charge in [0.2, 0.25) is 0 Å². The Balaban J connectivity index is 1.83. The summed E-state index contributed by atoms with van der Waals surface area (Å²) in [5, 5.41) is 13.4. The van der Waals surface area contributed by atoms with Crippen molar-refractivity contribution >= 4 is 28.9 Å². The number of rotatable bonds is 5. The summed E-state index contributed by atoms with van der Waals surface area (Å²) >= 11 is 5.75. The number of hydrogen-bond acceptors (Lipinski definition) is 4. The van der Waals surface area contributed by atoms with E-state index in [1.807, 2.05) is 0 Å². The zero-order chi connectivity index (χ0) is 20.3. The van der Waals surface area contributed by atoms with Crippen molar-refractivity contribution < 1.29 is 14.1 Å². The van der Waals surface area contributed by atoms with E-state index >= 15 is 0 Å². The van der Waals surface area contributed by atoms with Crippen LogP contribution >= 0.6 is 11.6 Å². The summed E-state index contributed by atoms with van der Waals surface area (Å²) in [5.41, 5.74) is 0.398. The van der Waals surface area contributed by atoms with Crippen LogP contribution in [0.3, 0.4) is 0 Å². The van der Waals surface area contributed by atoms with Crippen molar-refractivity contribution in [2.24, 2.45) is 0 Å². The van der Waals surface area contributed by atoms with Gasteiger partial charge in [0.05, 0.1) is 17.0 Å². The number of halogens is 2. The molecule has 3 rings (SSSR count). The summed E-state index contributed by atoms with van der Waals surface area (Å²) < 4.78 is 14.3. The molecule has 1 N–H and O–H groups in total. The van der Waals surface area contributed by atoms with Gasteiger partial charge in [-0.1, -0.05) is 23.7 Å². The van der Waals surface area contributed by atoms with E-state index in [4.69, 9.17) is 11.6 Å². The number of hydrogen-bond donors (Lipinski definition) is 1. The van der Waals surface area contributed by atoms with E-state index in [0.717, 1.165) is 6.07 Å². The summed E-state index contributed by atoms with van der Waals surface area (Å²) in [6.07, 6.45) is 1.37. The third-order valence-electron chi connectivity index (χ3n) is 3.91. The first kappa shape index (κ1) is 19.2. The molecule has 0 atom stereocenters. The van der Waals surface area contributed by atoms with Crippen molar-refractivity contribution in [1.29, 1.82) is 0 Å². The maximum absolute atomic E-state index is 13.0. The van der Waals surface area contributed by atoms with Gasteiger partial charge in [0.15, 0.2) is 0 Å². The molecule has 142 valence electrons. The van der Waals surface area contributed by atoms with Crippen LogP contribution in [0, 0.1) is 15.9 Å². The Labute approximate surface area is 163 Å². The number of anilines is 1. The van der Waals surface area contributed by atoms with Gasteiger partial charge < -0.3 is 9.88 Å². The Morgan fingerprint density at radius 1 is 1.14 bits per heavy atom. The van der Waals surface area contributed by atoms with Gasteiger partial charge in [-0.2, -0.15) is 0 Å². The van der Waals surface area contributed by atoms with E-state index in [1.165, 1.54) is 47.2 Å². The number of aromatic nitrogens is 1. The number of carbonyl (C=O) groups excluding carboxylic acids is 1. The molecule has 0 aliphatic carbocycles. The van der Waals surface area contributed by atoms with Crippen molar-refractivity contribution in [1.82, 2.24) is 4.57 Å². The van der Waals surface area contributed by atoms with Crippen molar-refractivity contribution in [3.8, 4) is 0 Å². The van der Waals surface area contributed by atoms with Crippen LogP contribution in [-0.2, 0) is 6.54 Å². The molecule has 0 unspecified atom stereocenters. The van der Waals surface area contributed by atoms with Crippen molar-refractivity contribution in [2.75, 3.05) is 5.32 Å². The first-order valence-electron chi connectivity index (χ1n) is 8.04. The summed E-state index contributed by atoms with van der Waals surface area (Å²) in [4.78, 5) is 34.8. The average Bonchev–Trinajstić information content (AvgIpc) is 2.66. The fraction of sp³-hybridized carbons (Fsp3) is 0.0526. The summed E-state index contributed by atoms with van der Waals surface area (Å²) in [7, 11) is 0. The van der Waals surface area contributed by atoms with Crippen molar-refractivity contribution in [3.63, 3.8) is 0 Å². The van der Waals surface area contributed by atoms with E-state index in [9.17, 15) is 24.1 Å². The summed E-state index contributed by atoms with van der Waals surface area (Å²) in [5.74, 6) is -0.939. The van der Waals surface area contributed by atoms with E-state index in [0.29, 0.717) is 5.56 Å². The summed E-state index contributed by atoms with van der Waals surface area (Å²) in [6, 6.07) is 12.1. The number of nitro benzene ring substituents is 1. The number of nitro groups is 1. The van der Waals surface area contributed by atoms with Crippen LogP contribution < -0.4 is 10.9 Å². The Morgan fingerprint density at radius 2 is 1.86 bits per heavy atom. The molecule has 1 amide bonds. The minimum absolute atomic E-state index is 0.0455. The lowest BCUT2D eigenvalue weighted by Crippen LogP contribution is -2.22. The van der Waals surface area contributed by atoms with Gasteiger partial charge in [-0.15, -0.1) is 0 Å². The third-order valence-corrected chi connectivity index (χ3v) is 4.23. The minimum Gasteiger partial charge on any atom is -0.322 e. The van der Waals surface area contributed by atoms with E-state index in [1.54, 1.807) is 12.1 Å². The number of nitrogens with zero attached hydrogens (tertiary/aromatic N) is 2. The molecule has 0 aliphatic heterocycles. The Kier molecular flexibility index (Phi) is 5.51. The molecule has 1 aromatic heterocycles. The highest BCUT2D eigenvalue weighted by atomic mass is 35.5. The molecule has 3 aromatic rings. The van der Waals surface area contributed by atoms with Gasteiger partial charge in [-0.3, -0.25) is 19.7 Å². The van der Waals surface area contributed by atoms with Gasteiger partial charge >= 0.3 is 0 Å². The van der Waals surface area contributed by atoms with E-state index in [-0.39, 0.29) is 39.9 Å². The molecule has 0 bridgehead atoms. The quantitative estimate of drug-likeness (QED) is 0.519. The lowest BCUT2D eigenvalue weighted by atomic mass is 10.2. The SMILES string of the molecule is O=C(Nc1ccc(Cl)c([N+](=O)[O-])c1)c1ccc(=O)n(Cc2ccc(F)cc2)c1. The highest BCUT2D eigenvalue weighted by Gasteiger charge is 2.15. The maximum Gasteiger partial charge on any atom is 0.289 e. The van der Waals surface area contributed by atoms with Gasteiger partial charge in [0.25, 0.3) is 17.2 Å². The van der Waals surface area contributed by atoms with Gasteiger partial charge in [-0.05, 0) is 35.9 Å². The molecule has 1 heterocycles. The van der Waals surface area contributed by atoms with Crippen LogP contribution in [0.4, 0.5) is 15.8 Å². The molecule has 28 heavy (non-hydrogen) atoms. The predicted octanol–water partition coefficient (Wildman–Crippen LogP) is 3.85. The third kappa shape index (κ3) is 4.41.